The van der Waals surface area contributed by atoms with Crippen LogP contribution in [0.25, 0.3) is 0 Å². The van der Waals surface area contributed by atoms with Crippen molar-refractivity contribution in [2.45, 2.75) is 31.7 Å². The minimum absolute atomic E-state index is 0.195. The van der Waals surface area contributed by atoms with Crippen LogP contribution in [0.1, 0.15) is 36.2 Å². The summed E-state index contributed by atoms with van der Waals surface area (Å²) >= 11 is 0. The summed E-state index contributed by atoms with van der Waals surface area (Å²) in [5, 5.41) is 5.76. The molecule has 1 aromatic carbocycles. The van der Waals surface area contributed by atoms with Crippen LogP contribution in [0.4, 0.5) is 20.3 Å². The molecule has 1 aromatic heterocycles. The van der Waals surface area contributed by atoms with Crippen LogP contribution in [-0.4, -0.2) is 21.9 Å². The highest BCUT2D eigenvalue weighted by molar-refractivity contribution is 5.93. The van der Waals surface area contributed by atoms with Crippen LogP contribution in [0.5, 0.6) is 0 Å². The Balaban J connectivity index is 1.71. The van der Waals surface area contributed by atoms with E-state index in [-0.39, 0.29) is 17.6 Å². The molecule has 7 heteroatoms. The summed E-state index contributed by atoms with van der Waals surface area (Å²) in [5.41, 5.74) is 0.571. The van der Waals surface area contributed by atoms with E-state index in [0.29, 0.717) is 11.5 Å². The molecule has 1 heterocycles. The predicted molar refractivity (Wildman–Crippen MR) is 81.4 cm³/mol. The number of benzene rings is 1. The third-order valence-corrected chi connectivity index (χ3v) is 3.78. The predicted octanol–water partition coefficient (Wildman–Crippen LogP) is 3.17. The molecular formula is C16H16F2N4O. The number of halogens is 2. The molecule has 0 atom stereocenters. The SMILES string of the molecule is O=C(NC1CCCC1)c1cc(Nc2ccc(F)c(F)c2)ncn1. The van der Waals surface area contributed by atoms with Crippen molar-refractivity contribution in [3.05, 3.63) is 47.9 Å². The van der Waals surface area contributed by atoms with E-state index in [1.807, 2.05) is 0 Å². The van der Waals surface area contributed by atoms with Crippen LogP contribution >= 0.6 is 0 Å². The van der Waals surface area contributed by atoms with Gasteiger partial charge >= 0.3 is 0 Å². The first-order valence-electron chi connectivity index (χ1n) is 7.47. The molecule has 1 saturated carbocycles. The molecule has 3 rings (SSSR count). The van der Waals surface area contributed by atoms with Crippen LogP contribution in [-0.2, 0) is 0 Å². The number of carbonyl (C=O) groups excluding carboxylic acids is 1. The molecule has 2 aromatic rings. The van der Waals surface area contributed by atoms with Crippen molar-refractivity contribution in [3.8, 4) is 0 Å². The Morgan fingerprint density at radius 2 is 1.87 bits per heavy atom. The highest BCUT2D eigenvalue weighted by Crippen LogP contribution is 2.19. The standard InChI is InChI=1S/C16H16F2N4O/c17-12-6-5-11(7-13(12)18)21-15-8-14(19-9-20-15)16(23)22-10-3-1-2-4-10/h5-10H,1-4H2,(H,22,23)(H,19,20,21). The van der Waals surface area contributed by atoms with Crippen molar-refractivity contribution in [2.24, 2.45) is 0 Å². The third kappa shape index (κ3) is 3.80. The molecule has 0 aliphatic heterocycles. The Morgan fingerprint density at radius 1 is 1.09 bits per heavy atom. The van der Waals surface area contributed by atoms with E-state index < -0.39 is 11.6 Å². The number of nitrogens with zero attached hydrogens (tertiary/aromatic N) is 2. The maximum Gasteiger partial charge on any atom is 0.270 e. The van der Waals surface area contributed by atoms with E-state index >= 15 is 0 Å². The zero-order valence-electron chi connectivity index (χ0n) is 12.4. The molecule has 1 aliphatic carbocycles. The normalized spacial score (nSPS) is 14.7. The van der Waals surface area contributed by atoms with Gasteiger partial charge in [-0.2, -0.15) is 0 Å². The highest BCUT2D eigenvalue weighted by Gasteiger charge is 2.19. The van der Waals surface area contributed by atoms with Gasteiger partial charge in [-0.1, -0.05) is 12.8 Å². The zero-order chi connectivity index (χ0) is 16.2. The molecule has 2 N–H and O–H groups in total. The molecule has 0 radical (unpaired) electrons. The van der Waals surface area contributed by atoms with Gasteiger partial charge in [0.1, 0.15) is 17.8 Å². The molecule has 0 spiro atoms. The fourth-order valence-electron chi connectivity index (χ4n) is 2.60. The van der Waals surface area contributed by atoms with E-state index in [4.69, 9.17) is 0 Å². The smallest absolute Gasteiger partial charge is 0.270 e. The van der Waals surface area contributed by atoms with Gasteiger partial charge in [-0.3, -0.25) is 4.79 Å². The zero-order valence-corrected chi connectivity index (χ0v) is 12.4. The fourth-order valence-corrected chi connectivity index (χ4v) is 2.60. The lowest BCUT2D eigenvalue weighted by molar-refractivity contribution is 0.0932. The molecule has 1 amide bonds. The van der Waals surface area contributed by atoms with Crippen molar-refractivity contribution in [3.63, 3.8) is 0 Å². The summed E-state index contributed by atoms with van der Waals surface area (Å²) in [6, 6.07) is 5.10. The number of anilines is 2. The Hall–Kier alpha value is -2.57. The second-order valence-electron chi connectivity index (χ2n) is 5.50. The van der Waals surface area contributed by atoms with E-state index in [0.717, 1.165) is 37.8 Å². The highest BCUT2D eigenvalue weighted by atomic mass is 19.2. The quantitative estimate of drug-likeness (QED) is 0.908. The Morgan fingerprint density at radius 3 is 2.61 bits per heavy atom. The first kappa shape index (κ1) is 15.3. The van der Waals surface area contributed by atoms with E-state index in [2.05, 4.69) is 20.6 Å². The molecule has 5 nitrogen and oxygen atoms in total. The Kier molecular flexibility index (Phi) is 4.45. The van der Waals surface area contributed by atoms with Gasteiger partial charge in [-0.25, -0.2) is 18.7 Å². The van der Waals surface area contributed by atoms with Gasteiger partial charge in [0, 0.05) is 23.9 Å². The number of hydrogen-bond acceptors (Lipinski definition) is 4. The monoisotopic (exact) mass is 318 g/mol. The van der Waals surface area contributed by atoms with Crippen molar-refractivity contribution < 1.29 is 13.6 Å². The summed E-state index contributed by atoms with van der Waals surface area (Å²) < 4.78 is 26.1. The van der Waals surface area contributed by atoms with Gasteiger partial charge in [-0.05, 0) is 25.0 Å². The minimum Gasteiger partial charge on any atom is -0.348 e. The molecule has 1 aliphatic rings. The van der Waals surface area contributed by atoms with Crippen LogP contribution in [0.2, 0.25) is 0 Å². The van der Waals surface area contributed by atoms with Crippen molar-refractivity contribution in [1.82, 2.24) is 15.3 Å². The molecule has 0 saturated heterocycles. The van der Waals surface area contributed by atoms with Gasteiger partial charge in [0.2, 0.25) is 0 Å². The summed E-state index contributed by atoms with van der Waals surface area (Å²) in [4.78, 5) is 20.1. The minimum atomic E-state index is -0.955. The second-order valence-corrected chi connectivity index (χ2v) is 5.50. The summed E-state index contributed by atoms with van der Waals surface area (Å²) in [7, 11) is 0. The first-order chi connectivity index (χ1) is 11.1. The lowest BCUT2D eigenvalue weighted by Crippen LogP contribution is -2.33. The van der Waals surface area contributed by atoms with Crippen LogP contribution in [0, 0.1) is 11.6 Å². The van der Waals surface area contributed by atoms with Crippen LogP contribution < -0.4 is 10.6 Å². The van der Waals surface area contributed by atoms with E-state index in [1.165, 1.54) is 18.5 Å². The Bertz CT molecular complexity index is 717. The second kappa shape index (κ2) is 6.68. The first-order valence-corrected chi connectivity index (χ1v) is 7.47. The van der Waals surface area contributed by atoms with Crippen LogP contribution in [0.3, 0.4) is 0 Å². The van der Waals surface area contributed by atoms with Crippen molar-refractivity contribution >= 4 is 17.4 Å². The van der Waals surface area contributed by atoms with Crippen LogP contribution in [0.15, 0.2) is 30.6 Å². The lowest BCUT2D eigenvalue weighted by Gasteiger charge is -2.12. The van der Waals surface area contributed by atoms with Gasteiger partial charge in [-0.15, -0.1) is 0 Å². The average Bonchev–Trinajstić information content (AvgIpc) is 3.04. The fraction of sp³-hybridized carbons (Fsp3) is 0.312. The molecule has 23 heavy (non-hydrogen) atoms. The van der Waals surface area contributed by atoms with E-state index in [1.54, 1.807) is 0 Å². The van der Waals surface area contributed by atoms with Gasteiger partial charge in [0.25, 0.3) is 5.91 Å². The molecule has 120 valence electrons. The number of nitrogens with one attached hydrogen (secondary N) is 2. The number of aromatic nitrogens is 2. The van der Waals surface area contributed by atoms with Crippen molar-refractivity contribution in [1.29, 1.82) is 0 Å². The molecule has 1 fully saturated rings. The van der Waals surface area contributed by atoms with Gasteiger partial charge in [0.05, 0.1) is 0 Å². The van der Waals surface area contributed by atoms with Gasteiger partial charge in [0.15, 0.2) is 11.6 Å². The number of amides is 1. The summed E-state index contributed by atoms with van der Waals surface area (Å²) in [5.74, 6) is -1.80. The topological polar surface area (TPSA) is 66.9 Å². The summed E-state index contributed by atoms with van der Waals surface area (Å²) in [6.07, 6.45) is 5.47. The van der Waals surface area contributed by atoms with Crippen molar-refractivity contribution in [2.75, 3.05) is 5.32 Å². The average molecular weight is 318 g/mol. The number of carbonyl (C=O) groups is 1. The number of rotatable bonds is 4. The molecular weight excluding hydrogens is 302 g/mol. The summed E-state index contributed by atoms with van der Waals surface area (Å²) in [6.45, 7) is 0. The maximum absolute atomic E-state index is 13.2. The maximum atomic E-state index is 13.2. The van der Waals surface area contributed by atoms with Gasteiger partial charge < -0.3 is 10.6 Å². The molecule has 0 bridgehead atoms. The number of hydrogen-bond donors (Lipinski definition) is 2. The third-order valence-electron chi connectivity index (χ3n) is 3.78. The molecule has 0 unspecified atom stereocenters. The van der Waals surface area contributed by atoms with E-state index in [9.17, 15) is 13.6 Å². The largest absolute Gasteiger partial charge is 0.348 e. The lowest BCUT2D eigenvalue weighted by atomic mass is 10.2. The Labute approximate surface area is 132 Å².